The van der Waals surface area contributed by atoms with Crippen LogP contribution < -0.4 is 4.90 Å². The van der Waals surface area contributed by atoms with Gasteiger partial charge in [-0.2, -0.15) is 0 Å². The van der Waals surface area contributed by atoms with Gasteiger partial charge in [-0.05, 0) is 56.1 Å². The molecule has 2 amide bonds. The Balaban J connectivity index is 1.44. The Hall–Kier alpha value is -2.38. The van der Waals surface area contributed by atoms with E-state index in [4.69, 9.17) is 0 Å². The van der Waals surface area contributed by atoms with Crippen LogP contribution in [0, 0.1) is 0 Å². The van der Waals surface area contributed by atoms with Gasteiger partial charge in [0.2, 0.25) is 0 Å². The van der Waals surface area contributed by atoms with Crippen LogP contribution in [-0.2, 0) is 0 Å². The normalized spacial score (nSPS) is 19.3. The highest BCUT2D eigenvalue weighted by Crippen LogP contribution is 2.44. The second-order valence-corrected chi connectivity index (χ2v) is 9.21. The van der Waals surface area contributed by atoms with Crippen LogP contribution in [0.2, 0.25) is 0 Å². The summed E-state index contributed by atoms with van der Waals surface area (Å²) in [5, 5.41) is 0.713. The van der Waals surface area contributed by atoms with E-state index in [1.54, 1.807) is 6.20 Å². The number of aromatic nitrogens is 1. The highest BCUT2D eigenvalue weighted by atomic mass is 32.2. The lowest BCUT2D eigenvalue weighted by Crippen LogP contribution is -2.48. The average molecular weight is 423 g/mol. The summed E-state index contributed by atoms with van der Waals surface area (Å²) in [5.74, 6) is 0.0855. The molecule has 0 bridgehead atoms. The van der Waals surface area contributed by atoms with Crippen molar-refractivity contribution in [2.75, 3.05) is 37.6 Å². The number of benzene rings is 1. The number of pyridine rings is 1. The molecule has 0 unspecified atom stereocenters. The fourth-order valence-corrected chi connectivity index (χ4v) is 5.32. The summed E-state index contributed by atoms with van der Waals surface area (Å²) in [6.45, 7) is 6.67. The molecule has 1 aliphatic carbocycles. The van der Waals surface area contributed by atoms with Crippen molar-refractivity contribution in [2.24, 2.45) is 0 Å². The molecule has 7 heteroatoms. The van der Waals surface area contributed by atoms with Gasteiger partial charge in [0, 0.05) is 48.9 Å². The first-order valence-corrected chi connectivity index (χ1v) is 11.6. The molecule has 0 atom stereocenters. The second-order valence-electron chi connectivity index (χ2n) is 8.18. The first kappa shape index (κ1) is 19.6. The topological polar surface area (TPSA) is 56.8 Å². The number of carbonyl (C=O) groups is 2. The SMILES string of the molecule is CCCN1CCN(C(=O)c2ccc3c(c2)Sc2ncccc2C(=O)N3C2CC2)CC1. The van der Waals surface area contributed by atoms with E-state index in [2.05, 4.69) is 16.8 Å². The molecular weight excluding hydrogens is 396 g/mol. The summed E-state index contributed by atoms with van der Waals surface area (Å²) < 4.78 is 0. The molecule has 6 nitrogen and oxygen atoms in total. The molecule has 0 spiro atoms. The molecule has 30 heavy (non-hydrogen) atoms. The molecule has 1 aromatic carbocycles. The monoisotopic (exact) mass is 422 g/mol. The molecule has 3 heterocycles. The number of carbonyl (C=O) groups excluding carboxylic acids is 2. The Morgan fingerprint density at radius 1 is 1.17 bits per heavy atom. The second kappa shape index (κ2) is 8.04. The van der Waals surface area contributed by atoms with Crippen LogP contribution in [0.4, 0.5) is 5.69 Å². The molecule has 2 fully saturated rings. The lowest BCUT2D eigenvalue weighted by atomic mass is 10.1. The first-order valence-electron chi connectivity index (χ1n) is 10.8. The number of rotatable bonds is 4. The van der Waals surface area contributed by atoms with Gasteiger partial charge in [-0.15, -0.1) is 0 Å². The van der Waals surface area contributed by atoms with Gasteiger partial charge in [0.15, 0.2) is 0 Å². The summed E-state index contributed by atoms with van der Waals surface area (Å²) in [6.07, 6.45) is 4.90. The third kappa shape index (κ3) is 3.61. The van der Waals surface area contributed by atoms with Crippen molar-refractivity contribution in [2.45, 2.75) is 42.1 Å². The minimum Gasteiger partial charge on any atom is -0.336 e. The minimum atomic E-state index is 0.0120. The largest absolute Gasteiger partial charge is 0.336 e. The number of anilines is 1. The van der Waals surface area contributed by atoms with Gasteiger partial charge in [0.25, 0.3) is 11.8 Å². The predicted molar refractivity (Wildman–Crippen MR) is 117 cm³/mol. The number of hydrogen-bond acceptors (Lipinski definition) is 5. The first-order chi connectivity index (χ1) is 14.7. The van der Waals surface area contributed by atoms with Crippen LogP contribution in [0.25, 0.3) is 0 Å². The van der Waals surface area contributed by atoms with Crippen molar-refractivity contribution in [1.29, 1.82) is 0 Å². The van der Waals surface area contributed by atoms with E-state index in [0.717, 1.165) is 62.6 Å². The smallest absolute Gasteiger partial charge is 0.261 e. The maximum atomic E-state index is 13.2. The van der Waals surface area contributed by atoms with Crippen molar-refractivity contribution in [3.8, 4) is 0 Å². The number of fused-ring (bicyclic) bond motifs is 2. The zero-order valence-corrected chi connectivity index (χ0v) is 18.0. The van der Waals surface area contributed by atoms with Crippen molar-refractivity contribution >= 4 is 29.3 Å². The van der Waals surface area contributed by atoms with Gasteiger partial charge >= 0.3 is 0 Å². The molecule has 2 aromatic rings. The van der Waals surface area contributed by atoms with E-state index in [1.165, 1.54) is 11.8 Å². The van der Waals surface area contributed by atoms with E-state index in [0.29, 0.717) is 16.2 Å². The van der Waals surface area contributed by atoms with Gasteiger partial charge in [-0.25, -0.2) is 4.98 Å². The Morgan fingerprint density at radius 2 is 1.97 bits per heavy atom. The van der Waals surface area contributed by atoms with Gasteiger partial charge in [-0.3, -0.25) is 14.5 Å². The van der Waals surface area contributed by atoms with E-state index in [-0.39, 0.29) is 17.9 Å². The third-order valence-corrected chi connectivity index (χ3v) is 7.07. The van der Waals surface area contributed by atoms with E-state index < -0.39 is 0 Å². The number of nitrogens with zero attached hydrogens (tertiary/aromatic N) is 4. The standard InChI is InChI=1S/C23H26N4O2S/c1-2-10-25-11-13-26(14-12-25)22(28)16-5-8-19-20(15-16)30-21-18(4-3-9-24-21)23(29)27(19)17-6-7-17/h3-5,8-9,15,17H,2,6-7,10-14H2,1H3. The lowest BCUT2D eigenvalue weighted by Gasteiger charge is -2.34. The molecule has 1 saturated heterocycles. The highest BCUT2D eigenvalue weighted by molar-refractivity contribution is 7.99. The molecule has 1 saturated carbocycles. The van der Waals surface area contributed by atoms with Crippen LogP contribution in [0.5, 0.6) is 0 Å². The Morgan fingerprint density at radius 3 is 2.70 bits per heavy atom. The third-order valence-electron chi connectivity index (χ3n) is 6.00. The van der Waals surface area contributed by atoms with Crippen LogP contribution >= 0.6 is 11.8 Å². The molecule has 2 aliphatic heterocycles. The maximum absolute atomic E-state index is 13.2. The van der Waals surface area contributed by atoms with Gasteiger partial charge in [0.05, 0.1) is 11.3 Å². The Bertz CT molecular complexity index is 983. The molecule has 156 valence electrons. The van der Waals surface area contributed by atoms with Crippen molar-refractivity contribution in [1.82, 2.24) is 14.8 Å². The molecular formula is C23H26N4O2S. The molecule has 5 rings (SSSR count). The van der Waals surface area contributed by atoms with Crippen molar-refractivity contribution in [3.63, 3.8) is 0 Å². The van der Waals surface area contributed by atoms with Crippen molar-refractivity contribution in [3.05, 3.63) is 47.7 Å². The summed E-state index contributed by atoms with van der Waals surface area (Å²) in [5.41, 5.74) is 2.23. The van der Waals surface area contributed by atoms with Gasteiger partial charge < -0.3 is 9.80 Å². The van der Waals surface area contributed by atoms with Crippen LogP contribution in [-0.4, -0.2) is 65.4 Å². The van der Waals surface area contributed by atoms with Gasteiger partial charge in [-0.1, -0.05) is 18.7 Å². The Labute approximate surface area is 181 Å². The molecule has 0 radical (unpaired) electrons. The summed E-state index contributed by atoms with van der Waals surface area (Å²) in [7, 11) is 0. The Kier molecular flexibility index (Phi) is 5.25. The summed E-state index contributed by atoms with van der Waals surface area (Å²) in [6, 6.07) is 9.69. The van der Waals surface area contributed by atoms with Crippen molar-refractivity contribution < 1.29 is 9.59 Å². The zero-order chi connectivity index (χ0) is 20.7. The average Bonchev–Trinajstić information content (AvgIpc) is 3.61. The number of hydrogen-bond donors (Lipinski definition) is 0. The highest BCUT2D eigenvalue weighted by Gasteiger charge is 2.38. The van der Waals surface area contributed by atoms with Crippen LogP contribution in [0.3, 0.4) is 0 Å². The quantitative estimate of drug-likeness (QED) is 0.755. The maximum Gasteiger partial charge on any atom is 0.261 e. The predicted octanol–water partition coefficient (Wildman–Crippen LogP) is 3.52. The lowest BCUT2D eigenvalue weighted by molar-refractivity contribution is 0.0637. The van der Waals surface area contributed by atoms with E-state index in [9.17, 15) is 9.59 Å². The van der Waals surface area contributed by atoms with E-state index in [1.807, 2.05) is 40.1 Å². The number of amides is 2. The molecule has 0 N–H and O–H groups in total. The van der Waals surface area contributed by atoms with Gasteiger partial charge in [0.1, 0.15) is 5.03 Å². The molecule has 1 aromatic heterocycles. The van der Waals surface area contributed by atoms with Crippen LogP contribution in [0.1, 0.15) is 46.9 Å². The fraction of sp³-hybridized carbons (Fsp3) is 0.435. The van der Waals surface area contributed by atoms with Crippen LogP contribution in [0.15, 0.2) is 46.5 Å². The zero-order valence-electron chi connectivity index (χ0n) is 17.2. The van der Waals surface area contributed by atoms with E-state index >= 15 is 0 Å². The fourth-order valence-electron chi connectivity index (χ4n) is 4.27. The molecule has 3 aliphatic rings. The summed E-state index contributed by atoms with van der Waals surface area (Å²) in [4.78, 5) is 38.1. The minimum absolute atomic E-state index is 0.0120. The summed E-state index contributed by atoms with van der Waals surface area (Å²) >= 11 is 1.49. The number of piperazine rings is 1.